The Hall–Kier alpha value is -2.24. The molecule has 6 heteroatoms. The van der Waals surface area contributed by atoms with E-state index in [-0.39, 0.29) is 0 Å². The van der Waals surface area contributed by atoms with Crippen LogP contribution in [0.5, 0.6) is 11.5 Å². The molecule has 0 aliphatic carbocycles. The van der Waals surface area contributed by atoms with Gasteiger partial charge in [-0.1, -0.05) is 23.7 Å². The van der Waals surface area contributed by atoms with Gasteiger partial charge in [0.1, 0.15) is 5.82 Å². The number of nitrogens with zero attached hydrogens (tertiary/aromatic N) is 1. The number of halogens is 1. The van der Waals surface area contributed by atoms with Gasteiger partial charge in [-0.3, -0.25) is 0 Å². The predicted molar refractivity (Wildman–Crippen MR) is 101 cm³/mol. The average Bonchev–Trinajstić information content (AvgIpc) is 3.05. The van der Waals surface area contributed by atoms with Gasteiger partial charge < -0.3 is 19.8 Å². The monoisotopic (exact) mass is 359 g/mol. The van der Waals surface area contributed by atoms with Gasteiger partial charge in [0.05, 0.1) is 25.3 Å². The maximum absolute atomic E-state index is 6.30. The van der Waals surface area contributed by atoms with E-state index in [0.29, 0.717) is 23.1 Å². The fourth-order valence-corrected chi connectivity index (χ4v) is 2.98. The third kappa shape index (κ3) is 4.24. The van der Waals surface area contributed by atoms with Crippen LogP contribution in [-0.2, 0) is 13.0 Å². The first kappa shape index (κ1) is 17.6. The summed E-state index contributed by atoms with van der Waals surface area (Å²) in [7, 11) is 3.22. The van der Waals surface area contributed by atoms with Crippen LogP contribution in [0.1, 0.15) is 17.8 Å². The molecule has 0 aliphatic rings. The maximum atomic E-state index is 6.30. The summed E-state index contributed by atoms with van der Waals surface area (Å²) in [6, 6.07) is 11.8. The molecule has 1 aromatic heterocycles. The summed E-state index contributed by atoms with van der Waals surface area (Å²) in [5, 5.41) is 4.08. The molecule has 0 aliphatic heterocycles. The minimum absolute atomic E-state index is 0.640. The Morgan fingerprint density at radius 1 is 1.12 bits per heavy atom. The molecule has 3 aromatic rings. The number of hydrogen-bond acceptors (Lipinski definition) is 4. The second kappa shape index (κ2) is 8.23. The van der Waals surface area contributed by atoms with Crippen molar-refractivity contribution in [3.05, 3.63) is 52.8 Å². The van der Waals surface area contributed by atoms with Gasteiger partial charge in [0, 0.05) is 24.1 Å². The van der Waals surface area contributed by atoms with Crippen molar-refractivity contribution in [1.82, 2.24) is 15.3 Å². The molecule has 0 fully saturated rings. The number of benzene rings is 2. The van der Waals surface area contributed by atoms with E-state index in [0.717, 1.165) is 41.8 Å². The summed E-state index contributed by atoms with van der Waals surface area (Å²) >= 11 is 6.30. The van der Waals surface area contributed by atoms with Crippen molar-refractivity contribution in [1.29, 1.82) is 0 Å². The summed E-state index contributed by atoms with van der Waals surface area (Å²) in [5.41, 5.74) is 3.09. The molecule has 0 saturated carbocycles. The third-order valence-electron chi connectivity index (χ3n) is 4.07. The van der Waals surface area contributed by atoms with E-state index in [2.05, 4.69) is 15.3 Å². The Balaban J connectivity index is 1.50. The molecule has 132 valence electrons. The molecule has 5 nitrogen and oxygen atoms in total. The third-order valence-corrected chi connectivity index (χ3v) is 4.43. The molecule has 0 radical (unpaired) electrons. The fourth-order valence-electron chi connectivity index (χ4n) is 2.76. The van der Waals surface area contributed by atoms with Crippen molar-refractivity contribution < 1.29 is 9.47 Å². The van der Waals surface area contributed by atoms with E-state index in [1.54, 1.807) is 20.3 Å². The van der Waals surface area contributed by atoms with E-state index in [9.17, 15) is 0 Å². The highest BCUT2D eigenvalue weighted by Crippen LogP contribution is 2.32. The first-order valence-electron chi connectivity index (χ1n) is 8.26. The number of nitrogens with one attached hydrogen (secondary N) is 2. The average molecular weight is 360 g/mol. The highest BCUT2D eigenvalue weighted by atomic mass is 35.5. The number of methoxy groups -OCH3 is 2. The van der Waals surface area contributed by atoms with E-state index < -0.39 is 0 Å². The number of rotatable bonds is 8. The van der Waals surface area contributed by atoms with Crippen LogP contribution in [0.2, 0.25) is 5.02 Å². The first-order chi connectivity index (χ1) is 12.2. The quantitative estimate of drug-likeness (QED) is 0.598. The Kier molecular flexibility index (Phi) is 5.79. The smallest absolute Gasteiger partial charge is 0.162 e. The van der Waals surface area contributed by atoms with E-state index in [1.807, 2.05) is 30.3 Å². The number of hydrogen-bond donors (Lipinski definition) is 2. The van der Waals surface area contributed by atoms with Crippen molar-refractivity contribution in [2.75, 3.05) is 20.8 Å². The lowest BCUT2D eigenvalue weighted by Gasteiger charge is -2.12. The molecule has 0 bridgehead atoms. The number of fused-ring (bicyclic) bond motifs is 1. The lowest BCUT2D eigenvalue weighted by Crippen LogP contribution is -2.16. The molecule has 3 rings (SSSR count). The van der Waals surface area contributed by atoms with Crippen molar-refractivity contribution >= 4 is 22.6 Å². The minimum atomic E-state index is 0.640. The second-order valence-corrected chi connectivity index (χ2v) is 6.19. The number of aromatic nitrogens is 2. The summed E-state index contributed by atoms with van der Waals surface area (Å²) in [4.78, 5) is 7.94. The van der Waals surface area contributed by atoms with Gasteiger partial charge in [-0.15, -0.1) is 0 Å². The van der Waals surface area contributed by atoms with Crippen LogP contribution >= 0.6 is 11.6 Å². The number of para-hydroxylation sites is 2. The molecular weight excluding hydrogens is 338 g/mol. The van der Waals surface area contributed by atoms with Crippen molar-refractivity contribution in [2.45, 2.75) is 19.4 Å². The van der Waals surface area contributed by atoms with E-state index in [1.165, 1.54) is 0 Å². The normalized spacial score (nSPS) is 11.0. The highest BCUT2D eigenvalue weighted by molar-refractivity contribution is 6.31. The summed E-state index contributed by atoms with van der Waals surface area (Å²) in [6.45, 7) is 1.56. The number of H-pyrrole nitrogens is 1. The number of imidazole rings is 1. The van der Waals surface area contributed by atoms with E-state index >= 15 is 0 Å². The molecule has 0 unspecified atom stereocenters. The molecule has 0 saturated heterocycles. The summed E-state index contributed by atoms with van der Waals surface area (Å²) in [6.07, 6.45) is 1.89. The Bertz CT molecular complexity index is 815. The van der Waals surface area contributed by atoms with Crippen LogP contribution in [0.4, 0.5) is 0 Å². The Morgan fingerprint density at radius 3 is 2.64 bits per heavy atom. The largest absolute Gasteiger partial charge is 0.493 e. The van der Waals surface area contributed by atoms with Crippen LogP contribution < -0.4 is 14.8 Å². The van der Waals surface area contributed by atoms with Gasteiger partial charge in [-0.25, -0.2) is 4.98 Å². The van der Waals surface area contributed by atoms with E-state index in [4.69, 9.17) is 21.1 Å². The zero-order chi connectivity index (χ0) is 17.6. The van der Waals surface area contributed by atoms with Crippen LogP contribution in [0.3, 0.4) is 0 Å². The first-order valence-corrected chi connectivity index (χ1v) is 8.64. The summed E-state index contributed by atoms with van der Waals surface area (Å²) < 4.78 is 10.6. The lowest BCUT2D eigenvalue weighted by molar-refractivity contribution is 0.354. The van der Waals surface area contributed by atoms with Crippen molar-refractivity contribution in [3.8, 4) is 11.5 Å². The SMILES string of the molecule is COc1cc(Cl)c(CNCCCc2nc3ccccc3[nH]2)cc1OC. The molecule has 0 amide bonds. The number of ether oxygens (including phenoxy) is 2. The minimum Gasteiger partial charge on any atom is -0.493 e. The van der Waals surface area contributed by atoms with Gasteiger partial charge >= 0.3 is 0 Å². The second-order valence-electron chi connectivity index (χ2n) is 5.78. The van der Waals surface area contributed by atoms with Gasteiger partial charge in [-0.2, -0.15) is 0 Å². The number of aryl methyl sites for hydroxylation is 1. The molecule has 2 N–H and O–H groups in total. The zero-order valence-electron chi connectivity index (χ0n) is 14.4. The molecular formula is C19H22ClN3O2. The van der Waals surface area contributed by atoms with Crippen molar-refractivity contribution in [2.24, 2.45) is 0 Å². The molecule has 0 spiro atoms. The molecule has 25 heavy (non-hydrogen) atoms. The maximum Gasteiger partial charge on any atom is 0.162 e. The number of aromatic amines is 1. The zero-order valence-corrected chi connectivity index (χ0v) is 15.2. The van der Waals surface area contributed by atoms with Crippen LogP contribution in [0.15, 0.2) is 36.4 Å². The Morgan fingerprint density at radius 2 is 1.88 bits per heavy atom. The molecule has 0 atom stereocenters. The fraction of sp³-hybridized carbons (Fsp3) is 0.316. The standard InChI is InChI=1S/C19H22ClN3O2/c1-24-17-10-13(14(20)11-18(17)25-2)12-21-9-5-8-19-22-15-6-3-4-7-16(15)23-19/h3-4,6-7,10-11,21H,5,8-9,12H2,1-2H3,(H,22,23). The van der Waals surface area contributed by atoms with Crippen molar-refractivity contribution in [3.63, 3.8) is 0 Å². The predicted octanol–water partition coefficient (Wildman–Crippen LogP) is 3.96. The lowest BCUT2D eigenvalue weighted by atomic mass is 10.2. The highest BCUT2D eigenvalue weighted by Gasteiger charge is 2.09. The van der Waals surface area contributed by atoms with Gasteiger partial charge in [0.2, 0.25) is 0 Å². The van der Waals surface area contributed by atoms with Gasteiger partial charge in [-0.05, 0) is 36.7 Å². The van der Waals surface area contributed by atoms with Crippen LogP contribution in [-0.4, -0.2) is 30.7 Å². The van der Waals surface area contributed by atoms with Gasteiger partial charge in [0.15, 0.2) is 11.5 Å². The van der Waals surface area contributed by atoms with Crippen LogP contribution in [0, 0.1) is 0 Å². The molecule has 2 aromatic carbocycles. The Labute approximate surface area is 152 Å². The molecule has 1 heterocycles. The van der Waals surface area contributed by atoms with Crippen LogP contribution in [0.25, 0.3) is 11.0 Å². The summed E-state index contributed by atoms with van der Waals surface area (Å²) in [5.74, 6) is 2.35. The topological polar surface area (TPSA) is 59.2 Å². The van der Waals surface area contributed by atoms with Gasteiger partial charge in [0.25, 0.3) is 0 Å².